The second kappa shape index (κ2) is 10.0. The van der Waals surface area contributed by atoms with E-state index < -0.39 is 0 Å². The minimum absolute atomic E-state index is 0. The van der Waals surface area contributed by atoms with Gasteiger partial charge in [-0.1, -0.05) is 25.1 Å². The van der Waals surface area contributed by atoms with Crippen molar-refractivity contribution in [3.63, 3.8) is 0 Å². The largest absolute Gasteiger partial charge is 0.369 e. The van der Waals surface area contributed by atoms with E-state index in [1.807, 2.05) is 24.3 Å². The van der Waals surface area contributed by atoms with E-state index in [4.69, 9.17) is 5.73 Å². The van der Waals surface area contributed by atoms with Crippen LogP contribution < -0.4 is 16.4 Å². The monoisotopic (exact) mass is 448 g/mol. The van der Waals surface area contributed by atoms with Gasteiger partial charge in [0.05, 0.1) is 16.8 Å². The fraction of sp³-hybridized carbons (Fsp3) is 0.182. The summed E-state index contributed by atoms with van der Waals surface area (Å²) in [4.78, 5) is 33.3. The molecule has 1 atom stereocenters. The molecule has 4 rings (SSSR count). The summed E-state index contributed by atoms with van der Waals surface area (Å²) in [6, 6.07) is 9.48. The number of pyridine rings is 1. The third-order valence-electron chi connectivity index (χ3n) is 5.03. The summed E-state index contributed by atoms with van der Waals surface area (Å²) >= 11 is 0. The Balaban J connectivity index is 0.00000289. The number of fused-ring (bicyclic) bond motifs is 1. The number of amides is 1. The molecule has 0 aliphatic heterocycles. The van der Waals surface area contributed by atoms with Gasteiger partial charge in [0.25, 0.3) is 5.91 Å². The highest BCUT2D eigenvalue weighted by Gasteiger charge is 2.15. The molecule has 1 aromatic carbocycles. The normalized spacial score (nSPS) is 11.4. The molecule has 164 valence electrons. The number of carbonyl (C=O) groups excluding carboxylic acids is 1. The van der Waals surface area contributed by atoms with Gasteiger partial charge in [-0.15, -0.1) is 0 Å². The van der Waals surface area contributed by atoms with Crippen molar-refractivity contribution in [2.45, 2.75) is 12.8 Å². The maximum Gasteiger partial charge on any atom is 0.251 e. The Kier molecular flexibility index (Phi) is 7.16. The number of nitrogen functional groups attached to an aromatic ring is 1. The van der Waals surface area contributed by atoms with Crippen molar-refractivity contribution < 1.29 is 4.79 Å². The molecule has 0 fully saturated rings. The van der Waals surface area contributed by atoms with Crippen LogP contribution in [0, 0.1) is 0 Å². The van der Waals surface area contributed by atoms with E-state index in [-0.39, 0.29) is 31.3 Å². The van der Waals surface area contributed by atoms with Crippen molar-refractivity contribution in [2.75, 3.05) is 24.6 Å². The SMILES string of the molecule is CNC(=O)c1ccnc2c([C@H](C)CNc3cc(-c4cnc(N)nc4)ncn3)cccc12.S. The summed E-state index contributed by atoms with van der Waals surface area (Å²) in [6.07, 6.45) is 6.42. The van der Waals surface area contributed by atoms with Crippen LogP contribution in [0.1, 0.15) is 28.8 Å². The average Bonchev–Trinajstić information content (AvgIpc) is 2.82. The molecule has 10 heteroatoms. The molecule has 0 spiro atoms. The van der Waals surface area contributed by atoms with Gasteiger partial charge >= 0.3 is 0 Å². The lowest BCUT2D eigenvalue weighted by Gasteiger charge is -2.16. The number of aromatic nitrogens is 5. The molecule has 0 saturated heterocycles. The molecule has 0 aliphatic rings. The van der Waals surface area contributed by atoms with Gasteiger partial charge < -0.3 is 16.4 Å². The zero-order valence-electron chi connectivity index (χ0n) is 17.7. The standard InChI is InChI=1S/C22H22N8O.H2S/c1-13(15-4-3-5-16-17(21(31)24-2)6-7-25-20(15)16)9-26-19-8-18(29-12-30-19)14-10-27-22(23)28-11-14;/h3-8,10-13H,9H2,1-2H3,(H,24,31)(H2,23,27,28)(H,26,29,30);1H2/t13-;/m1./s1. The van der Waals surface area contributed by atoms with Crippen LogP contribution in [0.5, 0.6) is 0 Å². The Morgan fingerprint density at radius 3 is 2.62 bits per heavy atom. The van der Waals surface area contributed by atoms with Crippen molar-refractivity contribution in [3.05, 3.63) is 66.4 Å². The lowest BCUT2D eigenvalue weighted by atomic mass is 9.96. The predicted molar refractivity (Wildman–Crippen MR) is 130 cm³/mol. The molecule has 0 saturated carbocycles. The van der Waals surface area contributed by atoms with E-state index in [0.717, 1.165) is 22.0 Å². The van der Waals surface area contributed by atoms with Gasteiger partial charge in [0.2, 0.25) is 5.95 Å². The highest BCUT2D eigenvalue weighted by atomic mass is 32.1. The Morgan fingerprint density at radius 2 is 1.88 bits per heavy atom. The molecular weight excluding hydrogens is 424 g/mol. The van der Waals surface area contributed by atoms with Gasteiger partial charge in [0.1, 0.15) is 12.1 Å². The van der Waals surface area contributed by atoms with Crippen LogP contribution in [0.2, 0.25) is 0 Å². The van der Waals surface area contributed by atoms with Crippen LogP contribution >= 0.6 is 13.5 Å². The number of nitrogens with two attached hydrogens (primary N) is 1. The summed E-state index contributed by atoms with van der Waals surface area (Å²) in [5.74, 6) is 0.895. The molecule has 9 nitrogen and oxygen atoms in total. The average molecular weight is 449 g/mol. The molecular formula is C22H24N8OS. The van der Waals surface area contributed by atoms with Crippen LogP contribution in [0.25, 0.3) is 22.2 Å². The summed E-state index contributed by atoms with van der Waals surface area (Å²) in [7, 11) is 1.62. The molecule has 0 radical (unpaired) electrons. The number of nitrogens with zero attached hydrogens (tertiary/aromatic N) is 5. The molecule has 32 heavy (non-hydrogen) atoms. The first-order valence-electron chi connectivity index (χ1n) is 9.80. The number of benzene rings is 1. The summed E-state index contributed by atoms with van der Waals surface area (Å²) in [6.45, 7) is 2.73. The van der Waals surface area contributed by atoms with E-state index in [1.54, 1.807) is 31.7 Å². The Hall–Kier alpha value is -3.79. The smallest absolute Gasteiger partial charge is 0.251 e. The van der Waals surface area contributed by atoms with Crippen LogP contribution in [0.15, 0.2) is 55.2 Å². The maximum absolute atomic E-state index is 12.2. The van der Waals surface area contributed by atoms with Gasteiger partial charge in [0.15, 0.2) is 0 Å². The van der Waals surface area contributed by atoms with Gasteiger partial charge in [-0.25, -0.2) is 19.9 Å². The number of rotatable bonds is 6. The Morgan fingerprint density at radius 1 is 1.09 bits per heavy atom. The van der Waals surface area contributed by atoms with E-state index >= 15 is 0 Å². The zero-order valence-corrected chi connectivity index (χ0v) is 18.7. The molecule has 0 bridgehead atoms. The fourth-order valence-corrected chi connectivity index (χ4v) is 3.38. The molecule has 4 aromatic rings. The van der Waals surface area contributed by atoms with E-state index in [0.29, 0.717) is 23.6 Å². The second-order valence-corrected chi connectivity index (χ2v) is 7.08. The first kappa shape index (κ1) is 22.9. The fourth-order valence-electron chi connectivity index (χ4n) is 3.38. The van der Waals surface area contributed by atoms with Crippen LogP contribution in [-0.4, -0.2) is 44.4 Å². The number of hydrogen-bond donors (Lipinski definition) is 3. The first-order chi connectivity index (χ1) is 15.1. The molecule has 3 aromatic heterocycles. The summed E-state index contributed by atoms with van der Waals surface area (Å²) in [5, 5.41) is 6.87. The highest BCUT2D eigenvalue weighted by molar-refractivity contribution is 7.59. The van der Waals surface area contributed by atoms with Crippen molar-refractivity contribution >= 4 is 42.1 Å². The highest BCUT2D eigenvalue weighted by Crippen LogP contribution is 2.27. The zero-order chi connectivity index (χ0) is 21.8. The van der Waals surface area contributed by atoms with Crippen LogP contribution in [-0.2, 0) is 0 Å². The summed E-state index contributed by atoms with van der Waals surface area (Å²) in [5.41, 5.74) is 9.49. The Labute approximate surface area is 192 Å². The van der Waals surface area contributed by atoms with Crippen molar-refractivity contribution in [1.29, 1.82) is 0 Å². The van der Waals surface area contributed by atoms with E-state index in [2.05, 4.69) is 42.5 Å². The van der Waals surface area contributed by atoms with Gasteiger partial charge in [0, 0.05) is 55.1 Å². The second-order valence-electron chi connectivity index (χ2n) is 7.08. The molecule has 3 heterocycles. The van der Waals surface area contributed by atoms with Gasteiger partial charge in [-0.3, -0.25) is 9.78 Å². The third kappa shape index (κ3) is 4.75. The number of hydrogen-bond acceptors (Lipinski definition) is 8. The third-order valence-corrected chi connectivity index (χ3v) is 5.03. The molecule has 1 amide bonds. The van der Waals surface area contributed by atoms with Crippen molar-refractivity contribution in [1.82, 2.24) is 30.2 Å². The molecule has 0 aliphatic carbocycles. The molecule has 0 unspecified atom stereocenters. The quantitative estimate of drug-likeness (QED) is 0.410. The van der Waals surface area contributed by atoms with Crippen molar-refractivity contribution in [3.8, 4) is 11.3 Å². The number of carbonyl (C=O) groups is 1. The van der Waals surface area contributed by atoms with Gasteiger partial charge in [-0.05, 0) is 11.6 Å². The lowest BCUT2D eigenvalue weighted by molar-refractivity contribution is 0.0964. The van der Waals surface area contributed by atoms with E-state index in [9.17, 15) is 4.79 Å². The summed E-state index contributed by atoms with van der Waals surface area (Å²) < 4.78 is 0. The van der Waals surface area contributed by atoms with Crippen LogP contribution in [0.3, 0.4) is 0 Å². The van der Waals surface area contributed by atoms with E-state index in [1.165, 1.54) is 6.33 Å². The lowest BCUT2D eigenvalue weighted by Crippen LogP contribution is -2.18. The topological polar surface area (TPSA) is 132 Å². The number of anilines is 2. The van der Waals surface area contributed by atoms with Crippen LogP contribution in [0.4, 0.5) is 11.8 Å². The Bertz CT molecular complexity index is 1230. The first-order valence-corrected chi connectivity index (χ1v) is 9.80. The van der Waals surface area contributed by atoms with Crippen molar-refractivity contribution in [2.24, 2.45) is 0 Å². The predicted octanol–water partition coefficient (Wildman–Crippen LogP) is 2.75. The van der Waals surface area contributed by atoms with Gasteiger partial charge in [-0.2, -0.15) is 13.5 Å². The minimum atomic E-state index is -0.129. The number of nitrogens with one attached hydrogen (secondary N) is 2. The molecule has 4 N–H and O–H groups in total. The number of para-hydroxylation sites is 1. The minimum Gasteiger partial charge on any atom is -0.369 e. The maximum atomic E-state index is 12.2.